The third-order valence-electron chi connectivity index (χ3n) is 6.41. The number of nitrogens with zero attached hydrogens (tertiary/aromatic N) is 3. The molecule has 1 aliphatic carbocycles. The predicted octanol–water partition coefficient (Wildman–Crippen LogP) is 4.81. The van der Waals surface area contributed by atoms with E-state index >= 15 is 0 Å². The van der Waals surface area contributed by atoms with Gasteiger partial charge >= 0.3 is 0 Å². The fourth-order valence-electron chi connectivity index (χ4n) is 4.17. The van der Waals surface area contributed by atoms with Gasteiger partial charge in [-0.25, -0.2) is 12.8 Å². The molecule has 2 aromatic rings. The smallest absolute Gasteiger partial charge is 0.204 e. The summed E-state index contributed by atoms with van der Waals surface area (Å²) in [6, 6.07) is 4.75. The maximum atomic E-state index is 14.2. The maximum absolute atomic E-state index is 14.2. The van der Waals surface area contributed by atoms with Gasteiger partial charge < -0.3 is 4.90 Å². The molecular weight excluding hydrogens is 441 g/mol. The molecule has 0 radical (unpaired) electrons. The van der Waals surface area contributed by atoms with Gasteiger partial charge in [-0.15, -0.1) is 0 Å². The van der Waals surface area contributed by atoms with Gasteiger partial charge in [-0.05, 0) is 74.5 Å². The molecule has 1 aliphatic rings. The number of ketones is 1. The highest BCUT2D eigenvalue weighted by atomic mass is 32.2. The van der Waals surface area contributed by atoms with Crippen LogP contribution < -0.4 is 0 Å². The van der Waals surface area contributed by atoms with Gasteiger partial charge in [0.2, 0.25) is 9.84 Å². The van der Waals surface area contributed by atoms with Crippen molar-refractivity contribution in [3.63, 3.8) is 0 Å². The molecule has 1 fully saturated rings. The summed E-state index contributed by atoms with van der Waals surface area (Å²) < 4.78 is 42.3. The molecule has 1 unspecified atom stereocenters. The van der Waals surface area contributed by atoms with E-state index in [0.29, 0.717) is 0 Å². The predicted molar refractivity (Wildman–Crippen MR) is 128 cm³/mol. The van der Waals surface area contributed by atoms with Crippen molar-refractivity contribution < 1.29 is 17.6 Å². The second-order valence-corrected chi connectivity index (χ2v) is 12.0. The Morgan fingerprint density at radius 2 is 1.64 bits per heavy atom. The number of halogens is 1. The lowest BCUT2D eigenvalue weighted by molar-refractivity contribution is -0.116. The Bertz CT molecular complexity index is 1100. The van der Waals surface area contributed by atoms with Gasteiger partial charge in [-0.1, -0.05) is 27.7 Å². The van der Waals surface area contributed by atoms with Crippen LogP contribution in [0.2, 0.25) is 0 Å². The van der Waals surface area contributed by atoms with Crippen molar-refractivity contribution in [2.45, 2.75) is 82.8 Å². The first kappa shape index (κ1) is 25.6. The monoisotopic (exact) mass is 477 g/mol. The van der Waals surface area contributed by atoms with E-state index in [4.69, 9.17) is 0 Å². The number of rotatable bonds is 10. The number of Topliss-reactive ketones (excluding diaryl/α,β-unsaturated/α-hetero) is 1. The molecule has 0 spiro atoms. The highest BCUT2D eigenvalue weighted by Gasteiger charge is 2.33. The number of aromatic nitrogens is 2. The topological polar surface area (TPSA) is 72.3 Å². The summed E-state index contributed by atoms with van der Waals surface area (Å²) >= 11 is 0. The zero-order valence-corrected chi connectivity index (χ0v) is 21.5. The van der Waals surface area contributed by atoms with Crippen molar-refractivity contribution in [3.8, 4) is 0 Å². The van der Waals surface area contributed by atoms with Crippen LogP contribution in [0.4, 0.5) is 4.39 Å². The third-order valence-corrected chi connectivity index (χ3v) is 7.95. The summed E-state index contributed by atoms with van der Waals surface area (Å²) in [4.78, 5) is 15.0. The quantitative estimate of drug-likeness (QED) is 0.491. The first-order chi connectivity index (χ1) is 15.3. The van der Waals surface area contributed by atoms with E-state index in [-0.39, 0.29) is 41.2 Å². The molecule has 1 aromatic heterocycles. The molecule has 3 rings (SSSR count). The number of hydrogen-bond donors (Lipinski definition) is 0. The summed E-state index contributed by atoms with van der Waals surface area (Å²) in [5.74, 6) is -1.33. The molecule has 1 aromatic carbocycles. The third kappa shape index (κ3) is 5.72. The van der Waals surface area contributed by atoms with Gasteiger partial charge in [0.25, 0.3) is 0 Å². The molecule has 182 valence electrons. The second kappa shape index (κ2) is 9.66. The van der Waals surface area contributed by atoms with Crippen LogP contribution in [0.3, 0.4) is 0 Å². The van der Waals surface area contributed by atoms with Crippen molar-refractivity contribution in [2.24, 2.45) is 0 Å². The lowest BCUT2D eigenvalue weighted by Crippen LogP contribution is -2.20. The SMILES string of the molecule is CC(C)c1cc(F)cc(C(C)C)c1CC(=O)CS(=O)(=O)c1cc(C(C)N(C)C)n(C2CC2)n1. The Kier molecular flexibility index (Phi) is 7.49. The highest BCUT2D eigenvalue weighted by molar-refractivity contribution is 7.92. The van der Waals surface area contributed by atoms with Gasteiger partial charge in [0.15, 0.2) is 10.8 Å². The van der Waals surface area contributed by atoms with Gasteiger partial charge in [0, 0.05) is 18.5 Å². The minimum atomic E-state index is -3.89. The lowest BCUT2D eigenvalue weighted by atomic mass is 9.86. The molecule has 0 bridgehead atoms. The van der Waals surface area contributed by atoms with Crippen molar-refractivity contribution in [1.82, 2.24) is 14.7 Å². The number of sulfone groups is 1. The molecule has 6 nitrogen and oxygen atoms in total. The van der Waals surface area contributed by atoms with Crippen molar-refractivity contribution in [1.29, 1.82) is 0 Å². The van der Waals surface area contributed by atoms with Gasteiger partial charge in [0.1, 0.15) is 11.6 Å². The normalized spacial score (nSPS) is 15.6. The van der Waals surface area contributed by atoms with E-state index in [2.05, 4.69) is 5.10 Å². The largest absolute Gasteiger partial charge is 0.301 e. The van der Waals surface area contributed by atoms with Gasteiger partial charge in [-0.3, -0.25) is 9.48 Å². The molecule has 0 aliphatic heterocycles. The van der Waals surface area contributed by atoms with Gasteiger partial charge in [-0.2, -0.15) is 5.10 Å². The van der Waals surface area contributed by atoms with E-state index in [1.807, 2.05) is 58.3 Å². The standard InChI is InChI=1S/C25H36FN3O3S/c1-15(2)21-10-18(26)11-22(16(3)4)23(21)12-20(30)14-33(31,32)25-13-24(17(5)28(6)7)29(27-25)19-8-9-19/h10-11,13,15-17,19H,8-9,12,14H2,1-7H3. The summed E-state index contributed by atoms with van der Waals surface area (Å²) in [6.45, 7) is 9.79. The van der Waals surface area contributed by atoms with Crippen LogP contribution in [0.25, 0.3) is 0 Å². The van der Waals surface area contributed by atoms with Crippen LogP contribution in [-0.2, 0) is 21.1 Å². The van der Waals surface area contributed by atoms with Crippen LogP contribution in [-0.4, -0.2) is 48.7 Å². The maximum Gasteiger partial charge on any atom is 0.204 e. The van der Waals surface area contributed by atoms with E-state index in [1.54, 1.807) is 6.07 Å². The number of hydrogen-bond acceptors (Lipinski definition) is 5. The average molecular weight is 478 g/mol. The fraction of sp³-hybridized carbons (Fsp3) is 0.600. The van der Waals surface area contributed by atoms with E-state index < -0.39 is 21.4 Å². The van der Waals surface area contributed by atoms with Crippen molar-refractivity contribution in [2.75, 3.05) is 19.8 Å². The molecule has 0 saturated heterocycles. The summed E-state index contributed by atoms with van der Waals surface area (Å²) in [5, 5.41) is 4.37. The number of benzene rings is 1. The summed E-state index contributed by atoms with van der Waals surface area (Å²) in [7, 11) is -0.0179. The van der Waals surface area contributed by atoms with E-state index in [1.165, 1.54) is 12.1 Å². The first-order valence-corrected chi connectivity index (χ1v) is 13.3. The lowest BCUT2D eigenvalue weighted by Gasteiger charge is -2.20. The molecule has 1 saturated carbocycles. The van der Waals surface area contributed by atoms with Crippen LogP contribution in [0, 0.1) is 5.82 Å². The highest BCUT2D eigenvalue weighted by Crippen LogP contribution is 2.38. The Labute approximate surface area is 197 Å². The average Bonchev–Trinajstić information content (AvgIpc) is 3.44. The molecule has 1 atom stereocenters. The Morgan fingerprint density at radius 3 is 2.09 bits per heavy atom. The van der Waals surface area contributed by atoms with Crippen molar-refractivity contribution in [3.05, 3.63) is 46.4 Å². The van der Waals surface area contributed by atoms with Crippen LogP contribution in [0.15, 0.2) is 23.2 Å². The molecular formula is C25H36FN3O3S. The number of carbonyl (C=O) groups excluding carboxylic acids is 1. The zero-order chi connectivity index (χ0) is 24.7. The molecule has 1 heterocycles. The van der Waals surface area contributed by atoms with E-state index in [0.717, 1.165) is 35.2 Å². The fourth-order valence-corrected chi connectivity index (χ4v) is 5.36. The zero-order valence-electron chi connectivity index (χ0n) is 20.7. The summed E-state index contributed by atoms with van der Waals surface area (Å²) in [5.41, 5.74) is 3.09. The van der Waals surface area contributed by atoms with Crippen molar-refractivity contribution >= 4 is 15.6 Å². The minimum Gasteiger partial charge on any atom is -0.301 e. The Hall–Kier alpha value is -2.06. The second-order valence-electron chi connectivity index (χ2n) is 10.1. The van der Waals surface area contributed by atoms with Crippen LogP contribution >= 0.6 is 0 Å². The Morgan fingerprint density at radius 1 is 1.09 bits per heavy atom. The van der Waals surface area contributed by atoms with E-state index in [9.17, 15) is 17.6 Å². The van der Waals surface area contributed by atoms with Crippen LogP contribution in [0.5, 0.6) is 0 Å². The van der Waals surface area contributed by atoms with Gasteiger partial charge in [0.05, 0.1) is 11.7 Å². The molecule has 0 amide bonds. The molecule has 8 heteroatoms. The Balaban J connectivity index is 1.89. The molecule has 33 heavy (non-hydrogen) atoms. The van der Waals surface area contributed by atoms with Crippen LogP contribution in [0.1, 0.15) is 93.8 Å². The minimum absolute atomic E-state index is 0.000772. The number of carbonyl (C=O) groups is 1. The summed E-state index contributed by atoms with van der Waals surface area (Å²) in [6.07, 6.45) is 1.92. The first-order valence-electron chi connectivity index (χ1n) is 11.6. The molecule has 0 N–H and O–H groups in total.